The highest BCUT2D eigenvalue weighted by molar-refractivity contribution is 7.89. The Kier molecular flexibility index (Phi) is 3.62. The molecule has 0 aliphatic carbocycles. The van der Waals surface area contributed by atoms with E-state index in [4.69, 9.17) is 10.8 Å². The molecule has 3 N–H and O–H groups in total. The van der Waals surface area contributed by atoms with Crippen LogP contribution in [0, 0.1) is 0 Å². The van der Waals surface area contributed by atoms with E-state index in [9.17, 15) is 13.2 Å². The maximum absolute atomic E-state index is 12.3. The van der Waals surface area contributed by atoms with Gasteiger partial charge in [-0.1, -0.05) is 18.2 Å². The van der Waals surface area contributed by atoms with Gasteiger partial charge in [-0.2, -0.15) is 4.31 Å². The number of carbonyl (C=O) groups is 1. The van der Waals surface area contributed by atoms with E-state index in [-0.39, 0.29) is 30.8 Å². The maximum Gasteiger partial charge on any atom is 0.323 e. The molecule has 1 aliphatic rings. The molecule has 0 bridgehead atoms. The first kappa shape index (κ1) is 14.0. The number of benzene rings is 1. The van der Waals surface area contributed by atoms with Crippen LogP contribution in [0.5, 0.6) is 0 Å². The number of hydrogen-bond donors (Lipinski definition) is 2. The molecule has 0 unspecified atom stereocenters. The van der Waals surface area contributed by atoms with Crippen LogP contribution in [0.2, 0.25) is 0 Å². The van der Waals surface area contributed by atoms with Gasteiger partial charge in [0.2, 0.25) is 10.0 Å². The van der Waals surface area contributed by atoms with Crippen molar-refractivity contribution in [3.05, 3.63) is 30.3 Å². The Hall–Kier alpha value is -1.44. The van der Waals surface area contributed by atoms with Crippen LogP contribution in [0.1, 0.15) is 12.8 Å². The zero-order valence-electron chi connectivity index (χ0n) is 10.3. The van der Waals surface area contributed by atoms with E-state index in [0.717, 1.165) is 0 Å². The van der Waals surface area contributed by atoms with Crippen molar-refractivity contribution in [2.45, 2.75) is 23.3 Å². The number of carboxylic acids is 1. The predicted octanol–water partition coefficient (Wildman–Crippen LogP) is 0.253. The number of rotatable bonds is 3. The second-order valence-corrected chi connectivity index (χ2v) is 6.62. The molecule has 0 spiro atoms. The Bertz CT molecular complexity index is 563. The molecule has 0 saturated carbocycles. The molecule has 1 aliphatic heterocycles. The second-order valence-electron chi connectivity index (χ2n) is 4.68. The van der Waals surface area contributed by atoms with Gasteiger partial charge in [-0.3, -0.25) is 4.79 Å². The average molecular weight is 284 g/mol. The summed E-state index contributed by atoms with van der Waals surface area (Å²) in [6, 6.07) is 8.10. The second kappa shape index (κ2) is 4.92. The fourth-order valence-electron chi connectivity index (χ4n) is 2.08. The maximum atomic E-state index is 12.3. The van der Waals surface area contributed by atoms with Crippen LogP contribution in [0.3, 0.4) is 0 Å². The van der Waals surface area contributed by atoms with Gasteiger partial charge in [0.25, 0.3) is 0 Å². The summed E-state index contributed by atoms with van der Waals surface area (Å²) in [5, 5.41) is 9.01. The number of aliphatic carboxylic acids is 1. The topological polar surface area (TPSA) is 101 Å². The Morgan fingerprint density at radius 2 is 1.74 bits per heavy atom. The van der Waals surface area contributed by atoms with Gasteiger partial charge in [0.15, 0.2) is 0 Å². The van der Waals surface area contributed by atoms with Gasteiger partial charge in [-0.15, -0.1) is 0 Å². The fraction of sp³-hybridized carbons (Fsp3) is 0.417. The van der Waals surface area contributed by atoms with Gasteiger partial charge >= 0.3 is 5.97 Å². The van der Waals surface area contributed by atoms with Crippen molar-refractivity contribution in [1.29, 1.82) is 0 Å². The van der Waals surface area contributed by atoms with Gasteiger partial charge in [0.05, 0.1) is 4.90 Å². The third-order valence-electron chi connectivity index (χ3n) is 3.42. The lowest BCUT2D eigenvalue weighted by Gasteiger charge is -2.35. The number of nitrogens with two attached hydrogens (primary N) is 1. The first-order valence-corrected chi connectivity index (χ1v) is 7.38. The van der Waals surface area contributed by atoms with Crippen LogP contribution in [0.15, 0.2) is 35.2 Å². The molecule has 1 fully saturated rings. The van der Waals surface area contributed by atoms with Gasteiger partial charge in [-0.05, 0) is 25.0 Å². The minimum atomic E-state index is -3.55. The van der Waals surface area contributed by atoms with E-state index in [0.29, 0.717) is 0 Å². The molecular formula is C12H16N2O4S. The van der Waals surface area contributed by atoms with Crippen LogP contribution in [0.25, 0.3) is 0 Å². The van der Waals surface area contributed by atoms with Crippen LogP contribution in [0.4, 0.5) is 0 Å². The Labute approximate surface area is 111 Å². The molecule has 1 aromatic carbocycles. The smallest absolute Gasteiger partial charge is 0.323 e. The summed E-state index contributed by atoms with van der Waals surface area (Å²) < 4.78 is 25.9. The minimum Gasteiger partial charge on any atom is -0.480 e. The summed E-state index contributed by atoms with van der Waals surface area (Å²) in [6.45, 7) is 0.250. The molecule has 7 heteroatoms. The van der Waals surface area contributed by atoms with Crippen molar-refractivity contribution in [1.82, 2.24) is 4.31 Å². The highest BCUT2D eigenvalue weighted by Gasteiger charge is 2.40. The van der Waals surface area contributed by atoms with E-state index >= 15 is 0 Å². The average Bonchev–Trinajstić information content (AvgIpc) is 2.40. The standard InChI is InChI=1S/C12H16N2O4S/c13-12(11(15)16)6-8-14(9-7-12)19(17,18)10-4-2-1-3-5-10/h1-5H,6-9,13H2,(H,15,16). The molecule has 2 rings (SSSR count). The Morgan fingerprint density at radius 1 is 1.21 bits per heavy atom. The highest BCUT2D eigenvalue weighted by Crippen LogP contribution is 2.25. The lowest BCUT2D eigenvalue weighted by Crippen LogP contribution is -2.56. The normalized spacial score (nSPS) is 20.1. The third kappa shape index (κ3) is 2.63. The van der Waals surface area contributed by atoms with Crippen LogP contribution in [-0.2, 0) is 14.8 Å². The van der Waals surface area contributed by atoms with Crippen molar-refractivity contribution in [3.8, 4) is 0 Å². The molecule has 0 aromatic heterocycles. The van der Waals surface area contributed by atoms with E-state index in [2.05, 4.69) is 0 Å². The molecule has 104 valence electrons. The number of nitrogens with zero attached hydrogens (tertiary/aromatic N) is 1. The number of carboxylic acid groups (broad SMARTS) is 1. The molecule has 0 amide bonds. The van der Waals surface area contributed by atoms with Crippen LogP contribution < -0.4 is 5.73 Å². The van der Waals surface area contributed by atoms with Crippen molar-refractivity contribution in [2.24, 2.45) is 5.73 Å². The molecule has 19 heavy (non-hydrogen) atoms. The van der Waals surface area contributed by atoms with E-state index in [1.165, 1.54) is 16.4 Å². The van der Waals surface area contributed by atoms with Gasteiger partial charge in [0, 0.05) is 13.1 Å². The van der Waals surface area contributed by atoms with E-state index < -0.39 is 21.5 Å². The van der Waals surface area contributed by atoms with Crippen molar-refractivity contribution in [2.75, 3.05) is 13.1 Å². The third-order valence-corrected chi connectivity index (χ3v) is 5.33. The zero-order chi connectivity index (χ0) is 14.1. The fourth-order valence-corrected chi connectivity index (χ4v) is 3.54. The molecular weight excluding hydrogens is 268 g/mol. The zero-order valence-corrected chi connectivity index (χ0v) is 11.1. The first-order chi connectivity index (χ1) is 8.86. The van der Waals surface area contributed by atoms with Gasteiger partial charge in [-0.25, -0.2) is 8.42 Å². The van der Waals surface area contributed by atoms with Crippen molar-refractivity contribution < 1.29 is 18.3 Å². The Morgan fingerprint density at radius 3 is 2.21 bits per heavy atom. The molecule has 1 heterocycles. The first-order valence-electron chi connectivity index (χ1n) is 5.94. The Balaban J connectivity index is 2.16. The number of sulfonamides is 1. The summed E-state index contributed by atoms with van der Waals surface area (Å²) in [4.78, 5) is 11.2. The number of hydrogen-bond acceptors (Lipinski definition) is 4. The summed E-state index contributed by atoms with van der Waals surface area (Å²) in [6.07, 6.45) is 0.239. The SMILES string of the molecule is NC1(C(=O)O)CCN(S(=O)(=O)c2ccccc2)CC1. The minimum absolute atomic E-state index is 0.119. The van der Waals surface area contributed by atoms with Crippen LogP contribution in [-0.4, -0.2) is 42.4 Å². The van der Waals surface area contributed by atoms with Gasteiger partial charge in [0.1, 0.15) is 5.54 Å². The predicted molar refractivity (Wildman–Crippen MR) is 69.0 cm³/mol. The number of piperidine rings is 1. The van der Waals surface area contributed by atoms with Crippen molar-refractivity contribution in [3.63, 3.8) is 0 Å². The summed E-state index contributed by atoms with van der Waals surface area (Å²) in [5.41, 5.74) is 4.41. The molecule has 0 atom stereocenters. The summed E-state index contributed by atoms with van der Waals surface area (Å²) in [5.74, 6) is -1.08. The van der Waals surface area contributed by atoms with Crippen LogP contribution >= 0.6 is 0 Å². The molecule has 6 nitrogen and oxygen atoms in total. The van der Waals surface area contributed by atoms with E-state index in [1.807, 2.05) is 0 Å². The molecule has 1 aromatic rings. The largest absolute Gasteiger partial charge is 0.480 e. The van der Waals surface area contributed by atoms with Crippen molar-refractivity contribution >= 4 is 16.0 Å². The quantitative estimate of drug-likeness (QED) is 0.828. The highest BCUT2D eigenvalue weighted by atomic mass is 32.2. The molecule has 0 radical (unpaired) electrons. The monoisotopic (exact) mass is 284 g/mol. The lowest BCUT2D eigenvalue weighted by atomic mass is 9.90. The summed E-state index contributed by atoms with van der Waals surface area (Å²) in [7, 11) is -3.55. The van der Waals surface area contributed by atoms with E-state index in [1.54, 1.807) is 18.2 Å². The summed E-state index contributed by atoms with van der Waals surface area (Å²) >= 11 is 0. The lowest BCUT2D eigenvalue weighted by molar-refractivity contribution is -0.144. The van der Waals surface area contributed by atoms with Gasteiger partial charge < -0.3 is 10.8 Å². The molecule has 1 saturated heterocycles.